The molecule has 19 heteroatoms. The van der Waals surface area contributed by atoms with Gasteiger partial charge in [-0.1, -0.05) is 245 Å². The lowest BCUT2D eigenvalue weighted by molar-refractivity contribution is -0.379. The average Bonchev–Trinajstić information content (AvgIpc) is 0.799. The molecular weight excluding hydrogens is 1210 g/mol. The van der Waals surface area contributed by atoms with Gasteiger partial charge in [0, 0.05) is 6.42 Å². The van der Waals surface area contributed by atoms with Crippen LogP contribution >= 0.6 is 0 Å². The van der Waals surface area contributed by atoms with Gasteiger partial charge >= 0.3 is 0 Å². The Kier molecular flexibility index (Phi) is 50.3. The molecule has 3 fully saturated rings. The van der Waals surface area contributed by atoms with Crippen LogP contribution in [-0.2, 0) is 33.2 Å². The number of aliphatic hydroxyl groups is 11. The minimum absolute atomic E-state index is 0.228. The van der Waals surface area contributed by atoms with Gasteiger partial charge in [-0.15, -0.1) is 0 Å². The van der Waals surface area contributed by atoms with Gasteiger partial charge in [-0.2, -0.15) is 0 Å². The van der Waals surface area contributed by atoms with Gasteiger partial charge in [0.25, 0.3) is 0 Å². The van der Waals surface area contributed by atoms with Gasteiger partial charge in [-0.3, -0.25) is 4.79 Å². The summed E-state index contributed by atoms with van der Waals surface area (Å²) in [6, 6.07) is -0.910. The first kappa shape index (κ1) is 85.4. The Bertz CT molecular complexity index is 2190. The predicted octanol–water partition coefficient (Wildman–Crippen LogP) is 10.4. The number of allylic oxidation sites excluding steroid dienone is 20. The number of hydrogen-bond acceptors (Lipinski definition) is 18. The molecule has 0 saturated carbocycles. The number of carbonyl (C=O) groups is 1. The molecule has 3 heterocycles. The summed E-state index contributed by atoms with van der Waals surface area (Å²) in [5.41, 5.74) is 0. The van der Waals surface area contributed by atoms with Crippen molar-refractivity contribution in [2.45, 2.75) is 324 Å². The Balaban J connectivity index is 1.39. The van der Waals surface area contributed by atoms with E-state index >= 15 is 0 Å². The second-order valence-electron chi connectivity index (χ2n) is 25.3. The SMILES string of the molecule is CC/C=C\C/C=C\C/C=C\C/C=C\C/C=C\C/C=C\C/C=C\C/C=C\C/C=C\C/C=C\CCCCCCC(=O)NC(COC1OC(CO)C(OC2OC(CO)C(OC3OC(CO)C(O)C(O)C3O)C(O)C2O)C(O)C1O)C(O)CCCCCCCCCCCCCCCCC. The van der Waals surface area contributed by atoms with Crippen molar-refractivity contribution >= 4 is 5.91 Å². The molecule has 0 aromatic carbocycles. The lowest BCUT2D eigenvalue weighted by atomic mass is 9.96. The minimum Gasteiger partial charge on any atom is -0.394 e. The number of carbonyl (C=O) groups excluding carboxylic acids is 1. The Morgan fingerprint density at radius 2 is 0.726 bits per heavy atom. The number of aliphatic hydroxyl groups excluding tert-OH is 11. The van der Waals surface area contributed by atoms with Crippen LogP contribution in [0, 0.1) is 0 Å². The van der Waals surface area contributed by atoms with E-state index in [2.05, 4.69) is 141 Å². The molecule has 0 aliphatic carbocycles. The van der Waals surface area contributed by atoms with Crippen LogP contribution in [0.3, 0.4) is 0 Å². The molecule has 3 aliphatic rings. The first-order valence-electron chi connectivity index (χ1n) is 36.3. The van der Waals surface area contributed by atoms with Gasteiger partial charge in [0.05, 0.1) is 38.6 Å². The van der Waals surface area contributed by atoms with Crippen molar-refractivity contribution in [3.05, 3.63) is 122 Å². The van der Waals surface area contributed by atoms with E-state index in [0.717, 1.165) is 109 Å². The number of rotatable bonds is 54. The Morgan fingerprint density at radius 3 is 1.14 bits per heavy atom. The number of amides is 1. The predicted molar refractivity (Wildman–Crippen MR) is 373 cm³/mol. The van der Waals surface area contributed by atoms with E-state index in [4.69, 9.17) is 28.4 Å². The van der Waals surface area contributed by atoms with Crippen molar-refractivity contribution in [1.29, 1.82) is 0 Å². The fourth-order valence-electron chi connectivity index (χ4n) is 11.5. The summed E-state index contributed by atoms with van der Waals surface area (Å²) in [6.07, 6.45) is 49.9. The van der Waals surface area contributed by atoms with Crippen LogP contribution in [0.5, 0.6) is 0 Å². The fourth-order valence-corrected chi connectivity index (χ4v) is 11.5. The second-order valence-corrected chi connectivity index (χ2v) is 25.3. The molecule has 12 N–H and O–H groups in total. The molecule has 544 valence electrons. The van der Waals surface area contributed by atoms with Gasteiger partial charge < -0.3 is 89.9 Å². The zero-order chi connectivity index (χ0) is 68.9. The number of hydrogen-bond donors (Lipinski definition) is 12. The highest BCUT2D eigenvalue weighted by Gasteiger charge is 2.53. The first-order valence-corrected chi connectivity index (χ1v) is 36.3. The molecule has 17 unspecified atom stereocenters. The van der Waals surface area contributed by atoms with Gasteiger partial charge in [-0.05, 0) is 89.9 Å². The normalized spacial score (nSPS) is 27.9. The molecule has 17 atom stereocenters. The molecule has 3 rings (SSSR count). The average molecular weight is 1340 g/mol. The molecule has 3 aliphatic heterocycles. The van der Waals surface area contributed by atoms with Crippen LogP contribution in [0.2, 0.25) is 0 Å². The number of unbranched alkanes of at least 4 members (excludes halogenated alkanes) is 18. The van der Waals surface area contributed by atoms with Crippen LogP contribution in [0.4, 0.5) is 0 Å². The van der Waals surface area contributed by atoms with E-state index in [-0.39, 0.29) is 18.9 Å². The van der Waals surface area contributed by atoms with Crippen LogP contribution in [0.15, 0.2) is 122 Å². The first-order chi connectivity index (χ1) is 46.3. The summed E-state index contributed by atoms with van der Waals surface area (Å²) in [5.74, 6) is -0.272. The third kappa shape index (κ3) is 37.3. The van der Waals surface area contributed by atoms with Crippen LogP contribution in [0.25, 0.3) is 0 Å². The monoisotopic (exact) mass is 1340 g/mol. The third-order valence-electron chi connectivity index (χ3n) is 17.3. The molecule has 3 saturated heterocycles. The lowest BCUT2D eigenvalue weighted by Gasteiger charge is -2.48. The maximum Gasteiger partial charge on any atom is 0.220 e. The van der Waals surface area contributed by atoms with Gasteiger partial charge in [0.1, 0.15) is 73.2 Å². The molecule has 0 bridgehead atoms. The molecule has 0 spiro atoms. The van der Waals surface area contributed by atoms with E-state index in [1.165, 1.54) is 70.6 Å². The zero-order valence-electron chi connectivity index (χ0n) is 57.6. The quantitative estimate of drug-likeness (QED) is 0.0199. The highest BCUT2D eigenvalue weighted by molar-refractivity contribution is 5.76. The summed E-state index contributed by atoms with van der Waals surface area (Å²) < 4.78 is 34.4. The Labute approximate surface area is 569 Å². The van der Waals surface area contributed by atoms with Crippen molar-refractivity contribution in [3.8, 4) is 0 Å². The molecule has 1 amide bonds. The Hall–Kier alpha value is -3.81. The topological polar surface area (TPSA) is 307 Å². The molecular formula is C76H127NO18. The standard InChI is InChI=1S/C76H127NO18/c1-3-5-7-9-11-13-15-17-19-20-21-22-23-24-25-26-27-28-29-30-31-32-33-34-35-36-37-38-40-42-44-46-48-50-52-54-64(82)77-59(60(81)53-51-49-47-45-43-41-39-18-16-14-12-10-8-6-4-2)58-90-74-70(88)67(85)72(62(56-79)92-74)95-76-71(89)68(86)73(63(57-80)93-76)94-75-69(87)66(84)65(83)61(55-78)91-75/h5,7,11,13,17,19,21-22,24-25,27-28,30-31,33-34,36-37,40,42,59-63,65-76,78-81,83-89H,3-4,6,8-10,12,14-16,18,20,23,26,29,32,35,38-39,41,43-58H2,1-2H3,(H,77,82)/b7-5-,13-11-,19-17-,22-21-,25-24-,28-27-,31-30-,34-33-,37-36-,42-40-. The smallest absolute Gasteiger partial charge is 0.220 e. The summed E-state index contributed by atoms with van der Waals surface area (Å²) in [6.45, 7) is 1.65. The minimum atomic E-state index is -1.98. The molecule has 0 aromatic heterocycles. The highest BCUT2D eigenvalue weighted by Crippen LogP contribution is 2.33. The van der Waals surface area contributed by atoms with E-state index in [1.54, 1.807) is 0 Å². The summed E-state index contributed by atoms with van der Waals surface area (Å²) in [7, 11) is 0. The zero-order valence-corrected chi connectivity index (χ0v) is 57.6. The van der Waals surface area contributed by atoms with E-state index in [9.17, 15) is 61.0 Å². The van der Waals surface area contributed by atoms with Crippen molar-refractivity contribution in [1.82, 2.24) is 5.32 Å². The molecule has 0 aromatic rings. The van der Waals surface area contributed by atoms with Crippen LogP contribution in [-0.4, -0.2) is 193 Å². The largest absolute Gasteiger partial charge is 0.394 e. The maximum atomic E-state index is 13.4. The van der Waals surface area contributed by atoms with Crippen molar-refractivity contribution in [2.24, 2.45) is 0 Å². The summed E-state index contributed by atoms with van der Waals surface area (Å²) in [4.78, 5) is 13.4. The Morgan fingerprint density at radius 1 is 0.389 bits per heavy atom. The molecule has 95 heavy (non-hydrogen) atoms. The van der Waals surface area contributed by atoms with Crippen molar-refractivity contribution in [3.63, 3.8) is 0 Å². The van der Waals surface area contributed by atoms with Gasteiger partial charge in [-0.25, -0.2) is 0 Å². The second kappa shape index (κ2) is 56.0. The highest BCUT2D eigenvalue weighted by atomic mass is 16.8. The maximum absolute atomic E-state index is 13.4. The number of ether oxygens (including phenoxy) is 6. The van der Waals surface area contributed by atoms with E-state index in [1.807, 2.05) is 0 Å². The van der Waals surface area contributed by atoms with Crippen molar-refractivity contribution in [2.75, 3.05) is 26.4 Å². The van der Waals surface area contributed by atoms with Gasteiger partial charge in [0.2, 0.25) is 5.91 Å². The van der Waals surface area contributed by atoms with Crippen LogP contribution < -0.4 is 5.32 Å². The lowest BCUT2D eigenvalue weighted by Crippen LogP contribution is -2.66. The summed E-state index contributed by atoms with van der Waals surface area (Å²) >= 11 is 0. The van der Waals surface area contributed by atoms with Gasteiger partial charge in [0.15, 0.2) is 18.9 Å². The summed E-state index contributed by atoms with van der Waals surface area (Å²) in [5, 5.41) is 121. The van der Waals surface area contributed by atoms with E-state index < -0.39 is 124 Å². The molecule has 0 radical (unpaired) electrons. The fraction of sp³-hybridized carbons (Fsp3) is 0.724. The molecule has 19 nitrogen and oxygen atoms in total. The number of nitrogens with one attached hydrogen (secondary N) is 1. The third-order valence-corrected chi connectivity index (χ3v) is 17.3. The van der Waals surface area contributed by atoms with Crippen LogP contribution in [0.1, 0.15) is 219 Å². The van der Waals surface area contributed by atoms with E-state index in [0.29, 0.717) is 19.3 Å². The van der Waals surface area contributed by atoms with Crippen molar-refractivity contribution < 1.29 is 89.4 Å².